The number of benzene rings is 2. The molecule has 0 radical (unpaired) electrons. The first-order valence-electron chi connectivity index (χ1n) is 11.5. The molecule has 0 saturated carbocycles. The van der Waals surface area contributed by atoms with Crippen LogP contribution in [0.3, 0.4) is 0 Å². The zero-order valence-electron chi connectivity index (χ0n) is 18.8. The second-order valence-electron chi connectivity index (χ2n) is 8.60. The van der Waals surface area contributed by atoms with Gasteiger partial charge in [-0.3, -0.25) is 4.79 Å². The second-order valence-corrected chi connectivity index (χ2v) is 8.60. The number of fused-ring (bicyclic) bond motifs is 3. The monoisotopic (exact) mass is 461 g/mol. The highest BCUT2D eigenvalue weighted by Gasteiger charge is 2.40. The molecule has 4 rings (SSSR count). The molecule has 1 fully saturated rings. The smallest absolute Gasteiger partial charge is 0.407 e. The second kappa shape index (κ2) is 10.4. The van der Waals surface area contributed by atoms with Gasteiger partial charge in [0.25, 0.3) is 0 Å². The number of nitrogens with one attached hydrogen (secondary N) is 1. The molecule has 2 atom stereocenters. The van der Waals surface area contributed by atoms with E-state index < -0.39 is 30.1 Å². The van der Waals surface area contributed by atoms with Gasteiger partial charge in [0.05, 0.1) is 6.07 Å². The van der Waals surface area contributed by atoms with Crippen molar-refractivity contribution in [2.24, 2.45) is 0 Å². The van der Waals surface area contributed by atoms with Gasteiger partial charge >= 0.3 is 12.1 Å². The predicted molar refractivity (Wildman–Crippen MR) is 124 cm³/mol. The van der Waals surface area contributed by atoms with E-state index in [-0.39, 0.29) is 12.5 Å². The van der Waals surface area contributed by atoms with Gasteiger partial charge in [-0.25, -0.2) is 9.59 Å². The first-order chi connectivity index (χ1) is 16.5. The Morgan fingerprint density at radius 1 is 1.09 bits per heavy atom. The lowest BCUT2D eigenvalue weighted by atomic mass is 9.98. The highest BCUT2D eigenvalue weighted by molar-refractivity contribution is 5.90. The highest BCUT2D eigenvalue weighted by atomic mass is 16.5. The van der Waals surface area contributed by atoms with Crippen LogP contribution in [0.1, 0.15) is 49.1 Å². The van der Waals surface area contributed by atoms with Crippen LogP contribution in [0.4, 0.5) is 4.79 Å². The van der Waals surface area contributed by atoms with Crippen molar-refractivity contribution in [1.82, 2.24) is 10.2 Å². The average molecular weight is 462 g/mol. The van der Waals surface area contributed by atoms with Crippen LogP contribution >= 0.6 is 0 Å². The number of hydrogen-bond donors (Lipinski definition) is 2. The van der Waals surface area contributed by atoms with Crippen molar-refractivity contribution in [3.63, 3.8) is 0 Å². The maximum atomic E-state index is 13.0. The lowest BCUT2D eigenvalue weighted by Crippen LogP contribution is -2.60. The third-order valence-electron chi connectivity index (χ3n) is 6.55. The summed E-state index contributed by atoms with van der Waals surface area (Å²) in [4.78, 5) is 38.3. The summed E-state index contributed by atoms with van der Waals surface area (Å²) in [6, 6.07) is 16.3. The Balaban J connectivity index is 1.41. The third-order valence-corrected chi connectivity index (χ3v) is 6.55. The van der Waals surface area contributed by atoms with Crippen molar-refractivity contribution in [2.75, 3.05) is 13.2 Å². The lowest BCUT2D eigenvalue weighted by molar-refractivity contribution is -0.158. The number of alkyl carbamates (subject to hydrolysis) is 1. The highest BCUT2D eigenvalue weighted by Crippen LogP contribution is 2.44. The SMILES string of the molecule is N#CCCCCC(NC(=O)OCC1c2ccccc2-c2ccccc21)C(=O)N1CCC1C(=O)O. The van der Waals surface area contributed by atoms with Gasteiger partial charge in [-0.05, 0) is 47.9 Å². The van der Waals surface area contributed by atoms with Gasteiger partial charge in [0.2, 0.25) is 5.91 Å². The number of carbonyl (C=O) groups excluding carboxylic acids is 2. The van der Waals surface area contributed by atoms with E-state index in [0.717, 1.165) is 22.3 Å². The van der Waals surface area contributed by atoms with Crippen molar-refractivity contribution >= 4 is 18.0 Å². The quantitative estimate of drug-likeness (QED) is 0.550. The number of carbonyl (C=O) groups is 3. The first kappa shape index (κ1) is 23.3. The van der Waals surface area contributed by atoms with Crippen LogP contribution in [-0.2, 0) is 14.3 Å². The molecule has 8 nitrogen and oxygen atoms in total. The molecular formula is C26H27N3O5. The molecule has 2 amide bonds. The van der Waals surface area contributed by atoms with Gasteiger partial charge in [-0.1, -0.05) is 48.5 Å². The predicted octanol–water partition coefficient (Wildman–Crippen LogP) is 3.66. The number of unbranched alkanes of at least 4 members (excludes halogenated alkanes) is 2. The standard InChI is InChI=1S/C26H27N3O5/c27-14-7-1-2-12-22(24(30)29-15-13-23(29)25(31)32)28-26(33)34-16-21-19-10-5-3-8-17(19)18-9-4-6-11-20(18)21/h3-6,8-11,21-23H,1-2,7,12-13,15-16H2,(H,28,33)(H,31,32). The van der Waals surface area contributed by atoms with Crippen molar-refractivity contribution in [3.05, 3.63) is 59.7 Å². The van der Waals surface area contributed by atoms with Crippen LogP contribution in [0.5, 0.6) is 0 Å². The van der Waals surface area contributed by atoms with Crippen LogP contribution in [0.25, 0.3) is 11.1 Å². The number of nitrogens with zero attached hydrogens (tertiary/aromatic N) is 2. The summed E-state index contributed by atoms with van der Waals surface area (Å²) < 4.78 is 5.56. The molecule has 0 bridgehead atoms. The summed E-state index contributed by atoms with van der Waals surface area (Å²) in [5.41, 5.74) is 4.42. The number of amides is 2. The van der Waals surface area contributed by atoms with Crippen molar-refractivity contribution in [2.45, 2.75) is 50.1 Å². The fourth-order valence-corrected chi connectivity index (χ4v) is 4.70. The Morgan fingerprint density at radius 2 is 1.74 bits per heavy atom. The Hall–Kier alpha value is -3.86. The third kappa shape index (κ3) is 4.74. The Labute approximate surface area is 198 Å². The van der Waals surface area contributed by atoms with Crippen molar-refractivity contribution in [1.29, 1.82) is 5.26 Å². The number of likely N-dealkylation sites (tertiary alicyclic amines) is 1. The zero-order valence-corrected chi connectivity index (χ0v) is 18.8. The molecule has 0 spiro atoms. The molecule has 8 heteroatoms. The largest absolute Gasteiger partial charge is 0.480 e. The van der Waals surface area contributed by atoms with E-state index in [1.807, 2.05) is 36.4 Å². The fourth-order valence-electron chi connectivity index (χ4n) is 4.70. The maximum absolute atomic E-state index is 13.0. The molecule has 0 aromatic heterocycles. The number of ether oxygens (including phenoxy) is 1. The molecule has 2 aromatic rings. The molecule has 1 aliphatic heterocycles. The molecule has 34 heavy (non-hydrogen) atoms. The normalized spacial score (nSPS) is 17.0. The van der Waals surface area contributed by atoms with Crippen molar-refractivity contribution in [3.8, 4) is 17.2 Å². The number of aliphatic carboxylic acids is 1. The molecule has 2 unspecified atom stereocenters. The molecule has 1 heterocycles. The van der Waals surface area contributed by atoms with Crippen molar-refractivity contribution < 1.29 is 24.2 Å². The number of carboxylic acid groups (broad SMARTS) is 1. The summed E-state index contributed by atoms with van der Waals surface area (Å²) in [5, 5.41) is 20.7. The van der Waals surface area contributed by atoms with Crippen LogP contribution in [-0.4, -0.2) is 53.2 Å². The number of rotatable bonds is 9. The molecule has 2 aromatic carbocycles. The van der Waals surface area contributed by atoms with Gasteiger partial charge in [-0.2, -0.15) is 5.26 Å². The topological polar surface area (TPSA) is 120 Å². The Bertz CT molecular complexity index is 1080. The summed E-state index contributed by atoms with van der Waals surface area (Å²) in [6.07, 6.45) is 1.50. The summed E-state index contributed by atoms with van der Waals surface area (Å²) in [5.74, 6) is -1.58. The fraction of sp³-hybridized carbons (Fsp3) is 0.385. The van der Waals surface area contributed by atoms with E-state index in [1.165, 1.54) is 4.90 Å². The van der Waals surface area contributed by atoms with E-state index in [0.29, 0.717) is 38.6 Å². The van der Waals surface area contributed by atoms with E-state index in [2.05, 4.69) is 23.5 Å². The lowest BCUT2D eigenvalue weighted by Gasteiger charge is -2.40. The Morgan fingerprint density at radius 3 is 2.29 bits per heavy atom. The van der Waals surface area contributed by atoms with E-state index in [4.69, 9.17) is 10.00 Å². The molecule has 2 aliphatic rings. The number of carboxylic acids is 1. The number of hydrogen-bond acceptors (Lipinski definition) is 5. The average Bonchev–Trinajstić information content (AvgIpc) is 3.12. The minimum Gasteiger partial charge on any atom is -0.480 e. The van der Waals surface area contributed by atoms with E-state index in [9.17, 15) is 19.5 Å². The van der Waals surface area contributed by atoms with Gasteiger partial charge in [0.15, 0.2) is 0 Å². The summed E-state index contributed by atoms with van der Waals surface area (Å²) >= 11 is 0. The van der Waals surface area contributed by atoms with Gasteiger partial charge in [-0.15, -0.1) is 0 Å². The molecule has 1 aliphatic carbocycles. The van der Waals surface area contributed by atoms with Crippen LogP contribution in [0.15, 0.2) is 48.5 Å². The van der Waals surface area contributed by atoms with E-state index >= 15 is 0 Å². The maximum Gasteiger partial charge on any atom is 0.407 e. The number of nitriles is 1. The minimum atomic E-state index is -1.05. The van der Waals surface area contributed by atoms with Gasteiger partial charge in [0.1, 0.15) is 18.7 Å². The summed E-state index contributed by atoms with van der Waals surface area (Å²) in [6.45, 7) is 0.466. The molecular weight excluding hydrogens is 434 g/mol. The molecule has 1 saturated heterocycles. The molecule has 176 valence electrons. The van der Waals surface area contributed by atoms with Crippen LogP contribution in [0.2, 0.25) is 0 Å². The first-order valence-corrected chi connectivity index (χ1v) is 11.5. The van der Waals surface area contributed by atoms with Crippen LogP contribution < -0.4 is 5.32 Å². The minimum absolute atomic E-state index is 0.102. The molecule has 2 N–H and O–H groups in total. The zero-order chi connectivity index (χ0) is 24.1. The van der Waals surface area contributed by atoms with Gasteiger partial charge < -0.3 is 20.1 Å². The summed E-state index contributed by atoms with van der Waals surface area (Å²) in [7, 11) is 0. The Kier molecular flexibility index (Phi) is 7.12. The van der Waals surface area contributed by atoms with E-state index in [1.54, 1.807) is 0 Å². The van der Waals surface area contributed by atoms with Gasteiger partial charge in [0, 0.05) is 18.9 Å². The van der Waals surface area contributed by atoms with Crippen LogP contribution in [0, 0.1) is 11.3 Å².